The number of aldehydes is 1. The second kappa shape index (κ2) is 13.8. The van der Waals surface area contributed by atoms with Gasteiger partial charge in [-0.25, -0.2) is 0 Å². The summed E-state index contributed by atoms with van der Waals surface area (Å²) < 4.78 is 11.7. The predicted molar refractivity (Wildman–Crippen MR) is 146 cm³/mol. The molecule has 1 aromatic carbocycles. The molecule has 0 saturated carbocycles. The molecule has 4 heteroatoms. The predicted octanol–water partition coefficient (Wildman–Crippen LogP) is 8.14. The summed E-state index contributed by atoms with van der Waals surface area (Å²) in [7, 11) is 0. The summed E-state index contributed by atoms with van der Waals surface area (Å²) >= 11 is 0. The molecule has 0 fully saturated rings. The van der Waals surface area contributed by atoms with Crippen LogP contribution in [0, 0.1) is 28.1 Å². The molecule has 1 rings (SSSR count). The lowest BCUT2D eigenvalue weighted by atomic mass is 9.55. The Kier molecular flexibility index (Phi) is 12.2. The maximum Gasteiger partial charge on any atom is 0.312 e. The fourth-order valence-corrected chi connectivity index (χ4v) is 4.21. The molecule has 0 heterocycles. The fourth-order valence-electron chi connectivity index (χ4n) is 4.21. The summed E-state index contributed by atoms with van der Waals surface area (Å²) in [4.78, 5) is 23.8. The molecule has 0 radical (unpaired) electrons. The Balaban J connectivity index is 2.47. The van der Waals surface area contributed by atoms with E-state index >= 15 is 0 Å². The molecule has 1 aromatic rings. The van der Waals surface area contributed by atoms with Crippen LogP contribution in [0.15, 0.2) is 30.3 Å². The van der Waals surface area contributed by atoms with Gasteiger partial charge in [0.05, 0.1) is 18.6 Å². The van der Waals surface area contributed by atoms with Crippen molar-refractivity contribution in [3.05, 3.63) is 35.9 Å². The Morgan fingerprint density at radius 3 is 1.94 bits per heavy atom. The van der Waals surface area contributed by atoms with Crippen LogP contribution in [-0.2, 0) is 14.3 Å². The molecule has 0 aliphatic carbocycles. The van der Waals surface area contributed by atoms with E-state index in [1.54, 1.807) is 6.08 Å². The molecule has 0 N–H and O–H groups in total. The van der Waals surface area contributed by atoms with Gasteiger partial charge in [0.25, 0.3) is 0 Å². The van der Waals surface area contributed by atoms with Crippen molar-refractivity contribution in [1.82, 2.24) is 0 Å². The lowest BCUT2D eigenvalue weighted by molar-refractivity contribution is -0.169. The van der Waals surface area contributed by atoms with Gasteiger partial charge in [0.1, 0.15) is 12.0 Å². The molecular weight excluding hydrogens is 436 g/mol. The summed E-state index contributed by atoms with van der Waals surface area (Å²) in [5, 5.41) is 0. The van der Waals surface area contributed by atoms with E-state index in [0.29, 0.717) is 25.0 Å². The van der Waals surface area contributed by atoms with Crippen LogP contribution in [0.5, 0.6) is 5.75 Å². The number of carbonyl (C=O) groups is 2. The van der Waals surface area contributed by atoms with Crippen LogP contribution in [0.25, 0.3) is 6.08 Å². The van der Waals surface area contributed by atoms with E-state index < -0.39 is 5.41 Å². The van der Waals surface area contributed by atoms with E-state index in [1.807, 2.05) is 24.3 Å². The highest BCUT2D eigenvalue weighted by molar-refractivity contribution is 5.77. The average molecular weight is 487 g/mol. The van der Waals surface area contributed by atoms with Crippen molar-refractivity contribution in [1.29, 1.82) is 0 Å². The molecular formula is C31H50O4. The average Bonchev–Trinajstić information content (AvgIpc) is 2.79. The highest BCUT2D eigenvalue weighted by Crippen LogP contribution is 2.53. The van der Waals surface area contributed by atoms with Gasteiger partial charge in [0.2, 0.25) is 0 Å². The zero-order chi connectivity index (χ0) is 26.7. The van der Waals surface area contributed by atoms with E-state index in [0.717, 1.165) is 49.7 Å². The number of hydrogen-bond donors (Lipinski definition) is 0. The second-order valence-electron chi connectivity index (χ2n) is 12.0. The monoisotopic (exact) mass is 486 g/mol. The zero-order valence-corrected chi connectivity index (χ0v) is 23.8. The number of hydrogen-bond acceptors (Lipinski definition) is 4. The van der Waals surface area contributed by atoms with Gasteiger partial charge in [-0.05, 0) is 85.5 Å². The molecule has 1 unspecified atom stereocenters. The molecule has 0 amide bonds. The van der Waals surface area contributed by atoms with Crippen LogP contribution < -0.4 is 4.74 Å². The highest BCUT2D eigenvalue weighted by Gasteiger charge is 2.52. The summed E-state index contributed by atoms with van der Waals surface area (Å²) in [5.41, 5.74) is 0.310. The Hall–Kier alpha value is -2.10. The fraction of sp³-hybridized carbons (Fsp3) is 0.677. The zero-order valence-electron chi connectivity index (χ0n) is 23.8. The third kappa shape index (κ3) is 9.13. The molecule has 35 heavy (non-hydrogen) atoms. The summed E-state index contributed by atoms with van der Waals surface area (Å²) in [6, 6.07) is 7.70. The van der Waals surface area contributed by atoms with Gasteiger partial charge in [0, 0.05) is 0 Å². The van der Waals surface area contributed by atoms with Crippen molar-refractivity contribution in [3.8, 4) is 5.75 Å². The summed E-state index contributed by atoms with van der Waals surface area (Å²) in [6.07, 6.45) is 8.70. The molecule has 0 aromatic heterocycles. The van der Waals surface area contributed by atoms with Crippen molar-refractivity contribution in [2.24, 2.45) is 28.1 Å². The van der Waals surface area contributed by atoms with Crippen LogP contribution in [0.2, 0.25) is 0 Å². The number of unbranched alkanes of at least 4 members (excludes halogenated alkanes) is 3. The first kappa shape index (κ1) is 30.9. The number of benzene rings is 1. The highest BCUT2D eigenvalue weighted by atomic mass is 16.5. The molecule has 0 aliphatic heterocycles. The second-order valence-corrected chi connectivity index (χ2v) is 12.0. The van der Waals surface area contributed by atoms with Crippen molar-refractivity contribution < 1.29 is 19.1 Å². The first-order valence-corrected chi connectivity index (χ1v) is 13.3. The third-order valence-corrected chi connectivity index (χ3v) is 8.48. The topological polar surface area (TPSA) is 52.6 Å². The first-order valence-electron chi connectivity index (χ1n) is 13.3. The van der Waals surface area contributed by atoms with Crippen molar-refractivity contribution in [2.45, 2.75) is 94.4 Å². The molecule has 0 spiro atoms. The van der Waals surface area contributed by atoms with Gasteiger partial charge >= 0.3 is 5.97 Å². The van der Waals surface area contributed by atoms with E-state index in [9.17, 15) is 9.59 Å². The summed E-state index contributed by atoms with van der Waals surface area (Å²) in [6.45, 7) is 21.1. The standard InChI is InChI=1S/C31H50O4/c1-24(2)29(5,6)23-31(9,30(7,8)25(3)4)28(33)35-22-13-11-10-12-21-34-27-18-16-26(17-19-27)15-14-20-32/h14-20,24-25H,10-13,21-23H2,1-9H3/b15-14+. The first-order chi connectivity index (χ1) is 16.3. The largest absolute Gasteiger partial charge is 0.494 e. The van der Waals surface area contributed by atoms with Crippen molar-refractivity contribution >= 4 is 18.3 Å². The van der Waals surface area contributed by atoms with Crippen molar-refractivity contribution in [2.75, 3.05) is 13.2 Å². The van der Waals surface area contributed by atoms with Crippen molar-refractivity contribution in [3.63, 3.8) is 0 Å². The Morgan fingerprint density at radius 2 is 1.43 bits per heavy atom. The van der Waals surface area contributed by atoms with Crippen LogP contribution in [0.1, 0.15) is 100.0 Å². The molecule has 0 bridgehead atoms. The van der Waals surface area contributed by atoms with Gasteiger partial charge in [-0.3, -0.25) is 9.59 Å². The van der Waals surface area contributed by atoms with Gasteiger partial charge in [-0.2, -0.15) is 0 Å². The lowest BCUT2D eigenvalue weighted by Crippen LogP contribution is -2.49. The lowest BCUT2D eigenvalue weighted by Gasteiger charge is -2.49. The molecule has 0 saturated heterocycles. The van der Waals surface area contributed by atoms with E-state index in [1.165, 1.54) is 6.08 Å². The molecule has 1 atom stereocenters. The van der Waals surface area contributed by atoms with E-state index in [2.05, 4.69) is 62.3 Å². The third-order valence-electron chi connectivity index (χ3n) is 8.48. The van der Waals surface area contributed by atoms with E-state index in [-0.39, 0.29) is 16.8 Å². The minimum atomic E-state index is -0.540. The van der Waals surface area contributed by atoms with Gasteiger partial charge in [-0.15, -0.1) is 0 Å². The SMILES string of the molecule is CC(C)C(C)(C)CC(C)(C(=O)OCCCCCCOc1ccc(/C=C/C=O)cc1)C(C)(C)C(C)C. The van der Waals surface area contributed by atoms with E-state index in [4.69, 9.17) is 9.47 Å². The minimum Gasteiger partial charge on any atom is -0.494 e. The smallest absolute Gasteiger partial charge is 0.312 e. The van der Waals surface area contributed by atoms with Gasteiger partial charge < -0.3 is 9.47 Å². The normalized spacial score (nSPS) is 14.4. The van der Waals surface area contributed by atoms with Crippen LogP contribution >= 0.6 is 0 Å². The minimum absolute atomic E-state index is 0.0481. The Labute approximate surface area is 214 Å². The number of ether oxygens (including phenoxy) is 2. The number of allylic oxidation sites excluding steroid dienone is 1. The quantitative estimate of drug-likeness (QED) is 0.102. The van der Waals surface area contributed by atoms with Crippen LogP contribution in [-0.4, -0.2) is 25.5 Å². The number of rotatable bonds is 16. The number of carbonyl (C=O) groups excluding carboxylic acids is 2. The Morgan fingerprint density at radius 1 is 0.857 bits per heavy atom. The molecule has 198 valence electrons. The Bertz CT molecular complexity index is 802. The van der Waals surface area contributed by atoms with Gasteiger partial charge in [-0.1, -0.05) is 73.6 Å². The molecule has 4 nitrogen and oxygen atoms in total. The maximum absolute atomic E-state index is 13.4. The maximum atomic E-state index is 13.4. The summed E-state index contributed by atoms with van der Waals surface area (Å²) in [5.74, 6) is 1.63. The van der Waals surface area contributed by atoms with Crippen LogP contribution in [0.4, 0.5) is 0 Å². The van der Waals surface area contributed by atoms with Gasteiger partial charge in [0.15, 0.2) is 0 Å². The van der Waals surface area contributed by atoms with Crippen LogP contribution in [0.3, 0.4) is 0 Å². The number of esters is 1. The molecule has 0 aliphatic rings.